The van der Waals surface area contributed by atoms with Crippen molar-refractivity contribution in [3.63, 3.8) is 0 Å². The Hall–Kier alpha value is -12.6. The molecule has 0 unspecified atom stereocenters. The maximum atomic E-state index is 6.29. The highest BCUT2D eigenvalue weighted by Crippen LogP contribution is 2.48. The van der Waals surface area contributed by atoms with Crippen LogP contribution in [0.15, 0.2) is 361 Å². The van der Waals surface area contributed by atoms with E-state index >= 15 is 0 Å². The molecule has 0 radical (unpaired) electrons. The molecule has 0 spiro atoms. The molecule has 2 heterocycles. The van der Waals surface area contributed by atoms with E-state index in [1.807, 2.05) is 0 Å². The molecule has 0 aliphatic rings. The second-order valence-corrected chi connectivity index (χ2v) is 25.3. The van der Waals surface area contributed by atoms with Crippen LogP contribution in [0.3, 0.4) is 0 Å². The summed E-state index contributed by atoms with van der Waals surface area (Å²) in [6, 6.07) is 127. The predicted octanol–water partition coefficient (Wildman–Crippen LogP) is 26.9. The fourth-order valence-corrected chi connectivity index (χ4v) is 15.4. The largest absolute Gasteiger partial charge is 0.456 e. The van der Waals surface area contributed by atoms with Crippen LogP contribution in [0.4, 0.5) is 0 Å². The van der Waals surface area contributed by atoms with Gasteiger partial charge in [0.1, 0.15) is 22.3 Å². The van der Waals surface area contributed by atoms with Crippen LogP contribution in [0, 0.1) is 0 Å². The molecule has 2 aromatic heterocycles. The van der Waals surface area contributed by atoms with Crippen LogP contribution in [0.1, 0.15) is 0 Å². The smallest absolute Gasteiger partial charge is 0.136 e. The molecule has 0 bridgehead atoms. The second-order valence-electron chi connectivity index (χ2n) is 25.3. The van der Waals surface area contributed by atoms with Gasteiger partial charge in [0, 0.05) is 21.5 Å². The predicted molar refractivity (Wildman–Crippen MR) is 408 cm³/mol. The highest BCUT2D eigenvalue weighted by atomic mass is 16.3. The minimum Gasteiger partial charge on any atom is -0.456 e. The SMILES string of the molecule is c1ccc(-c2c3ccccc3c(-c3cccc(-c4ccc5oc6cc7ccccc7cc6c5c4)c3)c3ccccc23)cc1.c1ccc2cc3c(cc2c1)oc1ccc(-c2ccc(-c4c5ccccc5c(-c5ccc(-c6cccc7ccccc67)cc5)c5ccccc45)cc2)cc13. The summed E-state index contributed by atoms with van der Waals surface area (Å²) in [4.78, 5) is 0. The number of hydrogen-bond donors (Lipinski definition) is 0. The lowest BCUT2D eigenvalue weighted by molar-refractivity contribution is 0.669. The van der Waals surface area contributed by atoms with Gasteiger partial charge in [-0.1, -0.05) is 297 Å². The standard InChI is InChI=1S/C52H32O.C42H26O/c1-2-12-39-32-50-48(30-38(39)11-1)47-31-40(28-29-49(47)53-50)33-20-24-36(25-21-33)51-43-15-5-7-17-45(43)52(46-18-8-6-16-44(46)51)37-26-22-35(23-27-37)42-19-9-13-34-10-3-4-14-41(34)42;1-2-11-27(12-3-1)41-33-17-6-8-19-35(33)42(36-20-9-7-18-34(36)41)32-16-10-15-28(23-32)31-21-22-39-37(25-31)38-24-29-13-4-5-14-30(29)26-40(38)43-39/h1-32H;1-26H. The lowest BCUT2D eigenvalue weighted by atomic mass is 9.85. The fraction of sp³-hybridized carbons (Fsp3) is 0. The molecule has 2 heteroatoms. The van der Waals surface area contributed by atoms with Gasteiger partial charge in [0.2, 0.25) is 0 Å². The van der Waals surface area contributed by atoms with Crippen LogP contribution < -0.4 is 0 Å². The molecule has 0 aliphatic heterocycles. The molecule has 0 atom stereocenters. The van der Waals surface area contributed by atoms with Crippen molar-refractivity contribution in [3.05, 3.63) is 352 Å². The van der Waals surface area contributed by atoms with E-state index < -0.39 is 0 Å². The first-order chi connectivity index (χ1) is 47.6. The van der Waals surface area contributed by atoms with Crippen molar-refractivity contribution in [2.24, 2.45) is 0 Å². The molecule has 0 amide bonds. The quantitative estimate of drug-likeness (QED) is 0.149. The Bertz CT molecular complexity index is 6370. The van der Waals surface area contributed by atoms with Crippen molar-refractivity contribution in [2.45, 2.75) is 0 Å². The summed E-state index contributed by atoms with van der Waals surface area (Å²) in [6.07, 6.45) is 0. The van der Waals surface area contributed by atoms with E-state index in [9.17, 15) is 0 Å². The number of fused-ring (bicyclic) bond motifs is 13. The molecular weight excluding hydrogens is 1160 g/mol. The number of rotatable bonds is 7. The zero-order valence-electron chi connectivity index (χ0n) is 52.3. The van der Waals surface area contributed by atoms with E-state index in [0.717, 1.165) is 43.9 Å². The van der Waals surface area contributed by atoms with Gasteiger partial charge in [0.25, 0.3) is 0 Å². The van der Waals surface area contributed by atoms with E-state index in [1.165, 1.54) is 153 Å². The maximum Gasteiger partial charge on any atom is 0.136 e. The van der Waals surface area contributed by atoms with Gasteiger partial charge >= 0.3 is 0 Å². The first-order valence-corrected chi connectivity index (χ1v) is 33.0. The molecule has 446 valence electrons. The first kappa shape index (κ1) is 55.1. The molecule has 2 nitrogen and oxygen atoms in total. The van der Waals surface area contributed by atoms with E-state index in [2.05, 4.69) is 352 Å². The third-order valence-corrected chi connectivity index (χ3v) is 19.9. The molecule has 0 saturated heterocycles. The Balaban J connectivity index is 0.000000138. The second kappa shape index (κ2) is 22.6. The van der Waals surface area contributed by atoms with Gasteiger partial charge in [-0.15, -0.1) is 0 Å². The van der Waals surface area contributed by atoms with E-state index in [0.29, 0.717) is 0 Å². The van der Waals surface area contributed by atoms with Crippen molar-refractivity contribution in [3.8, 4) is 77.9 Å². The summed E-state index contributed by atoms with van der Waals surface area (Å²) in [6.45, 7) is 0. The highest BCUT2D eigenvalue weighted by Gasteiger charge is 2.21. The molecule has 0 saturated carbocycles. The average Bonchev–Trinajstić information content (AvgIpc) is 1.07. The van der Waals surface area contributed by atoms with Crippen LogP contribution in [-0.4, -0.2) is 0 Å². The minimum absolute atomic E-state index is 0.914. The van der Waals surface area contributed by atoms with Crippen LogP contribution in [0.2, 0.25) is 0 Å². The van der Waals surface area contributed by atoms with Crippen LogP contribution >= 0.6 is 0 Å². The molecular formula is C94H58O2. The molecule has 18 aromatic carbocycles. The summed E-state index contributed by atoms with van der Waals surface area (Å²) in [5.41, 5.74) is 20.9. The van der Waals surface area contributed by atoms with Gasteiger partial charge in [0.15, 0.2) is 0 Å². The van der Waals surface area contributed by atoms with Gasteiger partial charge in [-0.25, -0.2) is 0 Å². The highest BCUT2D eigenvalue weighted by molar-refractivity contribution is 6.23. The Labute approximate surface area is 554 Å². The Morgan fingerprint density at radius 2 is 0.427 bits per heavy atom. The summed E-state index contributed by atoms with van der Waals surface area (Å²) >= 11 is 0. The third-order valence-electron chi connectivity index (χ3n) is 19.9. The number of hydrogen-bond acceptors (Lipinski definition) is 2. The lowest BCUT2D eigenvalue weighted by Crippen LogP contribution is -1.91. The third kappa shape index (κ3) is 9.25. The minimum atomic E-state index is 0.914. The summed E-state index contributed by atoms with van der Waals surface area (Å²) in [5, 5.41) is 22.1. The van der Waals surface area contributed by atoms with Crippen LogP contribution in [-0.2, 0) is 0 Å². The van der Waals surface area contributed by atoms with Gasteiger partial charge in [-0.3, -0.25) is 0 Å². The van der Waals surface area contributed by atoms with Gasteiger partial charge < -0.3 is 8.83 Å². The normalized spacial score (nSPS) is 11.8. The fourth-order valence-electron chi connectivity index (χ4n) is 15.4. The van der Waals surface area contributed by atoms with Gasteiger partial charge in [0.05, 0.1) is 0 Å². The zero-order chi connectivity index (χ0) is 63.2. The molecule has 0 fully saturated rings. The Morgan fingerprint density at radius 3 is 0.896 bits per heavy atom. The van der Waals surface area contributed by atoms with E-state index in [4.69, 9.17) is 8.83 Å². The maximum absolute atomic E-state index is 6.29. The Kier molecular flexibility index (Phi) is 13.0. The number of furan rings is 2. The average molecular weight is 1220 g/mol. The topological polar surface area (TPSA) is 26.3 Å². The van der Waals surface area contributed by atoms with Crippen LogP contribution in [0.25, 0.3) is 197 Å². The zero-order valence-corrected chi connectivity index (χ0v) is 52.3. The molecule has 0 N–H and O–H groups in total. The molecule has 20 rings (SSSR count). The molecule has 20 aromatic rings. The van der Waals surface area contributed by atoms with Crippen molar-refractivity contribution in [1.29, 1.82) is 0 Å². The van der Waals surface area contributed by atoms with Crippen molar-refractivity contribution < 1.29 is 8.83 Å². The first-order valence-electron chi connectivity index (χ1n) is 33.0. The monoisotopic (exact) mass is 1220 g/mol. The van der Waals surface area contributed by atoms with E-state index in [1.54, 1.807) is 0 Å². The van der Waals surface area contributed by atoms with E-state index in [-0.39, 0.29) is 0 Å². The molecule has 96 heavy (non-hydrogen) atoms. The van der Waals surface area contributed by atoms with Crippen molar-refractivity contribution >= 4 is 119 Å². The lowest BCUT2D eigenvalue weighted by Gasteiger charge is -2.18. The summed E-state index contributed by atoms with van der Waals surface area (Å²) in [5.74, 6) is 0. The van der Waals surface area contributed by atoms with Crippen LogP contribution in [0.5, 0.6) is 0 Å². The van der Waals surface area contributed by atoms with Gasteiger partial charge in [-0.05, 0) is 208 Å². The van der Waals surface area contributed by atoms with Crippen molar-refractivity contribution in [2.75, 3.05) is 0 Å². The molecule has 0 aliphatic carbocycles. The summed E-state index contributed by atoms with van der Waals surface area (Å²) < 4.78 is 12.6. The van der Waals surface area contributed by atoms with Crippen molar-refractivity contribution in [1.82, 2.24) is 0 Å². The summed E-state index contributed by atoms with van der Waals surface area (Å²) in [7, 11) is 0. The number of benzene rings is 18. The van der Waals surface area contributed by atoms with Gasteiger partial charge in [-0.2, -0.15) is 0 Å². The Morgan fingerprint density at radius 1 is 0.135 bits per heavy atom.